The van der Waals surface area contributed by atoms with Crippen LogP contribution in [-0.2, 0) is 0 Å². The number of fused-ring (bicyclic) bond motifs is 1. The van der Waals surface area contributed by atoms with Gasteiger partial charge in [-0.25, -0.2) is 4.98 Å². The average Bonchev–Trinajstić information content (AvgIpc) is 2.88. The summed E-state index contributed by atoms with van der Waals surface area (Å²) in [6.45, 7) is 0.866. The summed E-state index contributed by atoms with van der Waals surface area (Å²) < 4.78 is 6.74. The highest BCUT2D eigenvalue weighted by Gasteiger charge is 2.04. The molecule has 3 rings (SSSR count). The Morgan fingerprint density at radius 2 is 1.90 bits per heavy atom. The summed E-state index contributed by atoms with van der Waals surface area (Å²) in [7, 11) is 0. The maximum Gasteiger partial charge on any atom is 0.256 e. The first kappa shape index (κ1) is 13.5. The minimum Gasteiger partial charge on any atom is -0.431 e. The first-order valence-electron chi connectivity index (χ1n) is 6.29. The highest BCUT2D eigenvalue weighted by molar-refractivity contribution is 9.10. The third kappa shape index (κ3) is 3.35. The van der Waals surface area contributed by atoms with Crippen molar-refractivity contribution in [1.29, 1.82) is 0 Å². The number of oxazole rings is 1. The van der Waals surface area contributed by atoms with Crippen LogP contribution in [0.2, 0.25) is 0 Å². The molecule has 0 aliphatic heterocycles. The van der Waals surface area contributed by atoms with E-state index in [9.17, 15) is 0 Å². The fourth-order valence-corrected chi connectivity index (χ4v) is 2.77. The van der Waals surface area contributed by atoms with Gasteiger partial charge in [-0.1, -0.05) is 39.8 Å². The van der Waals surface area contributed by atoms with E-state index in [1.54, 1.807) is 11.8 Å². The van der Waals surface area contributed by atoms with E-state index in [1.165, 1.54) is 0 Å². The van der Waals surface area contributed by atoms with Crippen LogP contribution in [-0.4, -0.2) is 17.3 Å². The molecule has 0 amide bonds. The van der Waals surface area contributed by atoms with Crippen molar-refractivity contribution in [3.63, 3.8) is 0 Å². The summed E-state index contributed by atoms with van der Waals surface area (Å²) in [5.74, 6) is 0.906. The van der Waals surface area contributed by atoms with Gasteiger partial charge in [0.05, 0.1) is 0 Å². The number of nitrogens with one attached hydrogen (secondary N) is 1. The number of hydrogen-bond donors (Lipinski definition) is 1. The largest absolute Gasteiger partial charge is 0.431 e. The Bertz CT molecular complexity index is 663. The van der Waals surface area contributed by atoms with Crippen LogP contribution < -0.4 is 5.32 Å². The minimum atomic E-state index is 0.726. The van der Waals surface area contributed by atoms with Gasteiger partial charge in [-0.3, -0.25) is 0 Å². The zero-order chi connectivity index (χ0) is 13.8. The van der Waals surface area contributed by atoms with Crippen molar-refractivity contribution < 1.29 is 4.42 Å². The second-order valence-corrected chi connectivity index (χ2v) is 6.19. The van der Waals surface area contributed by atoms with Crippen LogP contribution in [0.3, 0.4) is 0 Å². The van der Waals surface area contributed by atoms with Crippen molar-refractivity contribution in [3.8, 4) is 0 Å². The highest BCUT2D eigenvalue weighted by atomic mass is 79.9. The molecule has 3 aromatic rings. The van der Waals surface area contributed by atoms with Gasteiger partial charge in [-0.15, -0.1) is 0 Å². The van der Waals surface area contributed by atoms with Crippen LogP contribution in [0, 0.1) is 0 Å². The summed E-state index contributed by atoms with van der Waals surface area (Å²) in [4.78, 5) is 4.43. The first-order valence-corrected chi connectivity index (χ1v) is 8.07. The Hall–Kier alpha value is -1.46. The Morgan fingerprint density at radius 3 is 2.70 bits per heavy atom. The molecule has 0 unspecified atom stereocenters. The quantitative estimate of drug-likeness (QED) is 0.531. The Labute approximate surface area is 129 Å². The molecule has 0 aliphatic rings. The summed E-state index contributed by atoms with van der Waals surface area (Å²) >= 11 is 5.04. The number of nitrogens with zero attached hydrogens (tertiary/aromatic N) is 1. The van der Waals surface area contributed by atoms with Gasteiger partial charge < -0.3 is 9.73 Å². The van der Waals surface area contributed by atoms with Crippen molar-refractivity contribution in [2.45, 2.75) is 5.22 Å². The fourth-order valence-electron chi connectivity index (χ4n) is 1.81. The summed E-state index contributed by atoms with van der Waals surface area (Å²) in [6.07, 6.45) is 0. The predicted octanol–water partition coefficient (Wildman–Crippen LogP) is 4.79. The van der Waals surface area contributed by atoms with Gasteiger partial charge in [0.1, 0.15) is 5.52 Å². The first-order chi connectivity index (χ1) is 9.81. The topological polar surface area (TPSA) is 38.1 Å². The third-order valence-electron chi connectivity index (χ3n) is 2.78. The van der Waals surface area contributed by atoms with Crippen LogP contribution in [0.25, 0.3) is 11.1 Å². The Morgan fingerprint density at radius 1 is 1.10 bits per heavy atom. The second-order valence-electron chi connectivity index (χ2n) is 4.23. The minimum absolute atomic E-state index is 0.726. The Balaban J connectivity index is 1.51. The molecule has 5 heteroatoms. The molecule has 1 heterocycles. The molecular formula is C15H13BrN2OS. The van der Waals surface area contributed by atoms with E-state index >= 15 is 0 Å². The van der Waals surface area contributed by atoms with Crippen molar-refractivity contribution in [3.05, 3.63) is 53.0 Å². The van der Waals surface area contributed by atoms with E-state index in [2.05, 4.69) is 26.2 Å². The van der Waals surface area contributed by atoms with E-state index in [-0.39, 0.29) is 0 Å². The molecule has 20 heavy (non-hydrogen) atoms. The summed E-state index contributed by atoms with van der Waals surface area (Å²) in [5.41, 5.74) is 2.87. The van der Waals surface area contributed by atoms with Gasteiger partial charge in [0, 0.05) is 22.5 Å². The standard InChI is InChI=1S/C15H13BrN2OS/c16-11-5-7-12(8-6-11)17-9-10-20-15-18-13-3-1-2-4-14(13)19-15/h1-8,17H,9-10H2. The van der Waals surface area contributed by atoms with Crippen molar-refractivity contribution in [1.82, 2.24) is 4.98 Å². The molecule has 0 radical (unpaired) electrons. The normalized spacial score (nSPS) is 10.8. The van der Waals surface area contributed by atoms with E-state index in [0.29, 0.717) is 0 Å². The number of para-hydroxylation sites is 2. The second kappa shape index (κ2) is 6.33. The monoisotopic (exact) mass is 348 g/mol. The fraction of sp³-hybridized carbons (Fsp3) is 0.133. The van der Waals surface area contributed by atoms with Gasteiger partial charge in [0.15, 0.2) is 5.58 Å². The molecule has 0 saturated carbocycles. The summed E-state index contributed by atoms with van der Waals surface area (Å²) in [6, 6.07) is 16.0. The average molecular weight is 349 g/mol. The van der Waals surface area contributed by atoms with Gasteiger partial charge in [0.2, 0.25) is 0 Å². The number of benzene rings is 2. The molecule has 102 valence electrons. The smallest absolute Gasteiger partial charge is 0.256 e. The predicted molar refractivity (Wildman–Crippen MR) is 87.4 cm³/mol. The van der Waals surface area contributed by atoms with Crippen LogP contribution in [0.4, 0.5) is 5.69 Å². The van der Waals surface area contributed by atoms with Crippen molar-refractivity contribution >= 4 is 44.5 Å². The SMILES string of the molecule is Brc1ccc(NCCSc2nc3ccccc3o2)cc1. The van der Waals surface area contributed by atoms with Gasteiger partial charge in [-0.2, -0.15) is 0 Å². The molecule has 3 nitrogen and oxygen atoms in total. The number of aromatic nitrogens is 1. The van der Waals surface area contributed by atoms with Crippen molar-refractivity contribution in [2.24, 2.45) is 0 Å². The molecule has 0 aliphatic carbocycles. The number of anilines is 1. The highest BCUT2D eigenvalue weighted by Crippen LogP contribution is 2.23. The van der Waals surface area contributed by atoms with E-state index < -0.39 is 0 Å². The van der Waals surface area contributed by atoms with Crippen LogP contribution in [0.1, 0.15) is 0 Å². The molecule has 2 aromatic carbocycles. The van der Waals surface area contributed by atoms with Crippen LogP contribution >= 0.6 is 27.7 Å². The maximum atomic E-state index is 5.65. The molecule has 0 saturated heterocycles. The lowest BCUT2D eigenvalue weighted by Gasteiger charge is -2.04. The Kier molecular flexibility index (Phi) is 4.28. The zero-order valence-corrected chi connectivity index (χ0v) is 13.1. The number of rotatable bonds is 5. The number of halogens is 1. The van der Waals surface area contributed by atoms with Crippen LogP contribution in [0.15, 0.2) is 62.6 Å². The van der Waals surface area contributed by atoms with Crippen LogP contribution in [0.5, 0.6) is 0 Å². The van der Waals surface area contributed by atoms with Crippen molar-refractivity contribution in [2.75, 3.05) is 17.6 Å². The van der Waals surface area contributed by atoms with Gasteiger partial charge in [0.25, 0.3) is 5.22 Å². The van der Waals surface area contributed by atoms with E-state index in [1.807, 2.05) is 48.5 Å². The maximum absolute atomic E-state index is 5.65. The lowest BCUT2D eigenvalue weighted by Crippen LogP contribution is -2.03. The number of thioether (sulfide) groups is 1. The number of hydrogen-bond acceptors (Lipinski definition) is 4. The zero-order valence-electron chi connectivity index (χ0n) is 10.7. The lowest BCUT2D eigenvalue weighted by atomic mass is 10.3. The van der Waals surface area contributed by atoms with Gasteiger partial charge >= 0.3 is 0 Å². The molecular weight excluding hydrogens is 336 g/mol. The third-order valence-corrected chi connectivity index (χ3v) is 4.13. The lowest BCUT2D eigenvalue weighted by molar-refractivity contribution is 0.489. The molecule has 0 fully saturated rings. The van der Waals surface area contributed by atoms with E-state index in [0.717, 1.165) is 38.8 Å². The molecule has 0 atom stereocenters. The molecule has 0 spiro atoms. The van der Waals surface area contributed by atoms with E-state index in [4.69, 9.17) is 4.42 Å². The molecule has 1 aromatic heterocycles. The molecule has 0 bridgehead atoms. The summed E-state index contributed by atoms with van der Waals surface area (Å²) in [5, 5.41) is 4.09. The molecule has 1 N–H and O–H groups in total. The van der Waals surface area contributed by atoms with Gasteiger partial charge in [-0.05, 0) is 36.4 Å².